The Morgan fingerprint density at radius 1 is 1.25 bits per heavy atom. The number of rotatable bonds is 5. The maximum absolute atomic E-state index is 6.05. The average molecular weight is 289 g/mol. The number of nitrogens with zero attached hydrogens (tertiary/aromatic N) is 2. The molecular formula is C16H23N3S. The number of thiazole rings is 1. The third-order valence-corrected chi connectivity index (χ3v) is 4.36. The largest absolute Gasteiger partial charge is 0.329 e. The molecule has 2 aromatic rings. The molecule has 1 heterocycles. The second kappa shape index (κ2) is 6.48. The van der Waals surface area contributed by atoms with Crippen molar-refractivity contribution < 1.29 is 0 Å². The molecule has 3 nitrogen and oxygen atoms in total. The molecule has 0 aliphatic carbocycles. The Hall–Kier alpha value is -1.23. The molecular weight excluding hydrogens is 266 g/mol. The first-order valence-corrected chi connectivity index (χ1v) is 7.82. The molecule has 0 bridgehead atoms. The monoisotopic (exact) mass is 289 g/mol. The van der Waals surface area contributed by atoms with E-state index in [4.69, 9.17) is 5.73 Å². The molecule has 2 N–H and O–H groups in total. The van der Waals surface area contributed by atoms with Crippen LogP contribution in [0.5, 0.6) is 0 Å². The fourth-order valence-electron chi connectivity index (χ4n) is 2.92. The Balaban J connectivity index is 2.28. The number of nitrogens with two attached hydrogens (primary N) is 1. The number of likely N-dealkylation sites (N-methyl/N-ethyl adjacent to an activating group) is 1. The van der Waals surface area contributed by atoms with Gasteiger partial charge in [-0.1, -0.05) is 17.7 Å². The summed E-state index contributed by atoms with van der Waals surface area (Å²) < 4.78 is 0. The van der Waals surface area contributed by atoms with Gasteiger partial charge in [0.05, 0.1) is 11.2 Å². The van der Waals surface area contributed by atoms with Gasteiger partial charge in [-0.15, -0.1) is 11.3 Å². The molecule has 0 amide bonds. The Morgan fingerprint density at radius 2 is 1.90 bits per heavy atom. The van der Waals surface area contributed by atoms with Crippen molar-refractivity contribution in [1.82, 2.24) is 9.88 Å². The lowest BCUT2D eigenvalue weighted by molar-refractivity contribution is 0.238. The fraction of sp³-hybridized carbons (Fsp3) is 0.438. The minimum absolute atomic E-state index is 0.234. The molecule has 1 unspecified atom stereocenters. The quantitative estimate of drug-likeness (QED) is 0.919. The van der Waals surface area contributed by atoms with Gasteiger partial charge in [0.2, 0.25) is 0 Å². The summed E-state index contributed by atoms with van der Waals surface area (Å²) in [4.78, 5) is 6.65. The van der Waals surface area contributed by atoms with E-state index in [-0.39, 0.29) is 6.04 Å². The lowest BCUT2D eigenvalue weighted by Crippen LogP contribution is -2.31. The highest BCUT2D eigenvalue weighted by Crippen LogP contribution is 2.27. The van der Waals surface area contributed by atoms with E-state index in [0.717, 1.165) is 12.2 Å². The summed E-state index contributed by atoms with van der Waals surface area (Å²) >= 11 is 1.64. The van der Waals surface area contributed by atoms with Crippen LogP contribution in [0.4, 0.5) is 0 Å². The summed E-state index contributed by atoms with van der Waals surface area (Å²) in [5.74, 6) is 0. The van der Waals surface area contributed by atoms with E-state index in [9.17, 15) is 0 Å². The molecule has 0 saturated heterocycles. The molecule has 1 aromatic carbocycles. The zero-order chi connectivity index (χ0) is 14.7. The van der Waals surface area contributed by atoms with Crippen molar-refractivity contribution in [3.63, 3.8) is 0 Å². The molecule has 4 heteroatoms. The predicted octanol–water partition coefficient (Wildman–Crippen LogP) is 3.20. The van der Waals surface area contributed by atoms with Gasteiger partial charge in [0.15, 0.2) is 0 Å². The van der Waals surface area contributed by atoms with Crippen molar-refractivity contribution in [2.75, 3.05) is 13.6 Å². The smallest absolute Gasteiger partial charge is 0.0795 e. The second-order valence-corrected chi connectivity index (χ2v) is 6.18. The van der Waals surface area contributed by atoms with E-state index < -0.39 is 0 Å². The summed E-state index contributed by atoms with van der Waals surface area (Å²) in [6.07, 6.45) is 0. The van der Waals surface area contributed by atoms with Gasteiger partial charge < -0.3 is 5.73 Å². The maximum atomic E-state index is 6.05. The zero-order valence-corrected chi connectivity index (χ0v) is 13.5. The van der Waals surface area contributed by atoms with E-state index in [1.165, 1.54) is 22.3 Å². The molecule has 108 valence electrons. The minimum Gasteiger partial charge on any atom is -0.329 e. The molecule has 0 spiro atoms. The fourth-order valence-corrected chi connectivity index (χ4v) is 3.47. The van der Waals surface area contributed by atoms with E-state index in [1.807, 2.05) is 5.51 Å². The summed E-state index contributed by atoms with van der Waals surface area (Å²) in [6.45, 7) is 7.94. The summed E-state index contributed by atoms with van der Waals surface area (Å²) in [6, 6.07) is 4.71. The number of hydrogen-bond acceptors (Lipinski definition) is 4. The van der Waals surface area contributed by atoms with Crippen molar-refractivity contribution in [2.24, 2.45) is 5.73 Å². The van der Waals surface area contributed by atoms with Crippen molar-refractivity contribution in [1.29, 1.82) is 0 Å². The summed E-state index contributed by atoms with van der Waals surface area (Å²) in [7, 11) is 2.12. The lowest BCUT2D eigenvalue weighted by atomic mass is 9.93. The molecule has 1 atom stereocenters. The Bertz CT molecular complexity index is 540. The summed E-state index contributed by atoms with van der Waals surface area (Å²) in [5, 5.41) is 2.10. The maximum Gasteiger partial charge on any atom is 0.0795 e. The Labute approximate surface area is 125 Å². The molecule has 0 fully saturated rings. The van der Waals surface area contributed by atoms with Gasteiger partial charge in [0.1, 0.15) is 0 Å². The van der Waals surface area contributed by atoms with Crippen LogP contribution in [-0.4, -0.2) is 23.5 Å². The van der Waals surface area contributed by atoms with Crippen LogP contribution >= 0.6 is 11.3 Å². The standard InChI is InChI=1S/C16H23N3S/c1-11-5-12(2)16(13(3)6-11)15(7-17)19(4)8-14-9-20-10-18-14/h5-6,9-10,15H,7-8,17H2,1-4H3. The third-order valence-electron chi connectivity index (χ3n) is 3.72. The van der Waals surface area contributed by atoms with E-state index in [1.54, 1.807) is 11.3 Å². The number of aryl methyl sites for hydroxylation is 3. The van der Waals surface area contributed by atoms with Crippen LogP contribution in [-0.2, 0) is 6.54 Å². The normalized spacial score (nSPS) is 12.9. The molecule has 0 aliphatic rings. The van der Waals surface area contributed by atoms with Crippen molar-refractivity contribution in [2.45, 2.75) is 33.4 Å². The number of hydrogen-bond donors (Lipinski definition) is 1. The van der Waals surface area contributed by atoms with Crippen molar-refractivity contribution in [3.8, 4) is 0 Å². The van der Waals surface area contributed by atoms with Gasteiger partial charge in [-0.2, -0.15) is 0 Å². The van der Waals surface area contributed by atoms with Gasteiger partial charge in [-0.3, -0.25) is 4.90 Å². The predicted molar refractivity (Wildman–Crippen MR) is 86.0 cm³/mol. The van der Waals surface area contributed by atoms with Crippen LogP contribution in [0.1, 0.15) is 34.0 Å². The van der Waals surface area contributed by atoms with E-state index in [0.29, 0.717) is 6.54 Å². The van der Waals surface area contributed by atoms with Gasteiger partial charge in [0.25, 0.3) is 0 Å². The lowest BCUT2D eigenvalue weighted by Gasteiger charge is -2.29. The molecule has 2 rings (SSSR count). The van der Waals surface area contributed by atoms with Gasteiger partial charge >= 0.3 is 0 Å². The second-order valence-electron chi connectivity index (χ2n) is 5.46. The van der Waals surface area contributed by atoms with Crippen molar-refractivity contribution in [3.05, 3.63) is 51.0 Å². The highest BCUT2D eigenvalue weighted by atomic mass is 32.1. The van der Waals surface area contributed by atoms with Gasteiger partial charge in [-0.25, -0.2) is 4.98 Å². The molecule has 0 saturated carbocycles. The van der Waals surface area contributed by atoms with Crippen LogP contribution in [0.15, 0.2) is 23.0 Å². The van der Waals surface area contributed by atoms with Gasteiger partial charge in [-0.05, 0) is 44.5 Å². The van der Waals surface area contributed by atoms with Crippen LogP contribution in [0, 0.1) is 20.8 Å². The van der Waals surface area contributed by atoms with Crippen molar-refractivity contribution >= 4 is 11.3 Å². The summed E-state index contributed by atoms with van der Waals surface area (Å²) in [5.41, 5.74) is 14.3. The molecule has 0 radical (unpaired) electrons. The molecule has 1 aromatic heterocycles. The molecule has 20 heavy (non-hydrogen) atoms. The average Bonchev–Trinajstić information content (AvgIpc) is 2.86. The van der Waals surface area contributed by atoms with Crippen LogP contribution in [0.3, 0.4) is 0 Å². The Morgan fingerprint density at radius 3 is 2.40 bits per heavy atom. The van der Waals surface area contributed by atoms with Crippen LogP contribution in [0.25, 0.3) is 0 Å². The highest BCUT2D eigenvalue weighted by molar-refractivity contribution is 7.07. The third kappa shape index (κ3) is 3.26. The first-order valence-electron chi connectivity index (χ1n) is 6.88. The molecule has 0 aliphatic heterocycles. The Kier molecular flexibility index (Phi) is 4.91. The highest BCUT2D eigenvalue weighted by Gasteiger charge is 2.20. The van der Waals surface area contributed by atoms with E-state index >= 15 is 0 Å². The zero-order valence-electron chi connectivity index (χ0n) is 12.7. The number of benzene rings is 1. The minimum atomic E-state index is 0.234. The first kappa shape index (κ1) is 15.2. The van der Waals surface area contributed by atoms with Crippen LogP contribution in [0.2, 0.25) is 0 Å². The van der Waals surface area contributed by atoms with Crippen LogP contribution < -0.4 is 5.73 Å². The van der Waals surface area contributed by atoms with E-state index in [2.05, 4.69) is 55.2 Å². The first-order chi connectivity index (χ1) is 9.52. The SMILES string of the molecule is Cc1cc(C)c(C(CN)N(C)Cc2cscn2)c(C)c1. The topological polar surface area (TPSA) is 42.1 Å². The van der Waals surface area contributed by atoms with Gasteiger partial charge in [0, 0.05) is 24.5 Å². The number of aromatic nitrogens is 1.